The smallest absolute Gasteiger partial charge is 0.330 e. The van der Waals surface area contributed by atoms with Gasteiger partial charge in [0.25, 0.3) is 0 Å². The molecule has 2 aromatic carbocycles. The molecule has 40 heavy (non-hydrogen) atoms. The first-order chi connectivity index (χ1) is 19.6. The molecule has 0 bridgehead atoms. The third-order valence-electron chi connectivity index (χ3n) is 6.87. The summed E-state index contributed by atoms with van der Waals surface area (Å²) in [5, 5.41) is 8.27. The molecular weight excluding hydrogens is 524 g/mol. The van der Waals surface area contributed by atoms with Gasteiger partial charge in [-0.2, -0.15) is 5.10 Å². The molecule has 1 fully saturated rings. The zero-order valence-corrected chi connectivity index (χ0v) is 23.3. The summed E-state index contributed by atoms with van der Waals surface area (Å²) < 4.78 is 11.7. The first-order valence-electron chi connectivity index (χ1n) is 13.3. The average molecular weight is 555 g/mol. The fourth-order valence-corrected chi connectivity index (χ4v) is 6.00. The summed E-state index contributed by atoms with van der Waals surface area (Å²) in [6.07, 6.45) is 5.05. The summed E-state index contributed by atoms with van der Waals surface area (Å²) in [6, 6.07) is 16.3. The van der Waals surface area contributed by atoms with Crippen molar-refractivity contribution in [3.8, 4) is 11.4 Å². The molecule has 1 aliphatic heterocycles. The van der Waals surface area contributed by atoms with Crippen LogP contribution in [0.5, 0.6) is 0 Å². The molecule has 204 valence electrons. The number of carbonyl (C=O) groups excluding carboxylic acids is 1. The van der Waals surface area contributed by atoms with Crippen LogP contribution < -0.4 is 9.80 Å². The third kappa shape index (κ3) is 5.41. The number of nitrogens with one attached hydrogen (secondary N) is 1. The first-order valence-corrected chi connectivity index (χ1v) is 14.1. The van der Waals surface area contributed by atoms with Crippen LogP contribution in [0.2, 0.25) is 0 Å². The Balaban J connectivity index is 1.30. The highest BCUT2D eigenvalue weighted by atomic mass is 32.1. The number of hydrogen-bond donors (Lipinski definition) is 1. The van der Waals surface area contributed by atoms with Crippen LogP contribution in [0.15, 0.2) is 60.8 Å². The molecule has 0 atom stereocenters. The number of H-pyrrole nitrogens is 1. The van der Waals surface area contributed by atoms with Crippen molar-refractivity contribution in [2.75, 3.05) is 49.8 Å². The van der Waals surface area contributed by atoms with Gasteiger partial charge in [-0.05, 0) is 42.8 Å². The predicted molar refractivity (Wildman–Crippen MR) is 160 cm³/mol. The van der Waals surface area contributed by atoms with Gasteiger partial charge in [-0.1, -0.05) is 24.3 Å². The van der Waals surface area contributed by atoms with Gasteiger partial charge in [-0.15, -0.1) is 11.3 Å². The van der Waals surface area contributed by atoms with E-state index in [1.54, 1.807) is 24.3 Å². The lowest BCUT2D eigenvalue weighted by Crippen LogP contribution is -2.36. The lowest BCUT2D eigenvalue weighted by Gasteiger charge is -2.28. The van der Waals surface area contributed by atoms with Gasteiger partial charge < -0.3 is 19.3 Å². The zero-order chi connectivity index (χ0) is 27.5. The van der Waals surface area contributed by atoms with E-state index in [1.807, 2.05) is 30.5 Å². The molecule has 3 aromatic heterocycles. The van der Waals surface area contributed by atoms with E-state index in [4.69, 9.17) is 19.4 Å². The van der Waals surface area contributed by atoms with Crippen molar-refractivity contribution in [3.05, 3.63) is 71.2 Å². The van der Waals surface area contributed by atoms with Crippen LogP contribution in [0.3, 0.4) is 0 Å². The van der Waals surface area contributed by atoms with Gasteiger partial charge in [-0.25, -0.2) is 14.8 Å². The predicted octanol–water partition coefficient (Wildman–Crippen LogP) is 5.28. The molecule has 4 heterocycles. The third-order valence-corrected chi connectivity index (χ3v) is 7.97. The van der Waals surface area contributed by atoms with Gasteiger partial charge in [0.2, 0.25) is 0 Å². The number of rotatable bonds is 8. The maximum absolute atomic E-state index is 11.6. The first kappa shape index (κ1) is 26.0. The van der Waals surface area contributed by atoms with Crippen LogP contribution in [0.25, 0.3) is 38.6 Å². The molecule has 0 amide bonds. The number of morpholine rings is 1. The van der Waals surface area contributed by atoms with Crippen LogP contribution in [-0.4, -0.2) is 66.1 Å². The number of aromatic nitrogens is 4. The minimum atomic E-state index is -0.336. The quantitative estimate of drug-likeness (QED) is 0.204. The summed E-state index contributed by atoms with van der Waals surface area (Å²) in [5.74, 6) is 1.32. The van der Waals surface area contributed by atoms with Crippen molar-refractivity contribution in [1.82, 2.24) is 20.2 Å². The van der Waals surface area contributed by atoms with E-state index in [9.17, 15) is 4.79 Å². The second kappa shape index (κ2) is 11.4. The molecule has 10 heteroatoms. The summed E-state index contributed by atoms with van der Waals surface area (Å²) in [6.45, 7) is 5.86. The Morgan fingerprint density at radius 3 is 2.80 bits per heavy atom. The Morgan fingerprint density at radius 1 is 1.18 bits per heavy atom. The Kier molecular flexibility index (Phi) is 7.43. The van der Waals surface area contributed by atoms with Crippen molar-refractivity contribution < 1.29 is 14.3 Å². The van der Waals surface area contributed by atoms with E-state index >= 15 is 0 Å². The van der Waals surface area contributed by atoms with Gasteiger partial charge in [-0.3, -0.25) is 5.10 Å². The normalized spacial score (nSPS) is 13.9. The molecular formula is C30H30N6O3S. The number of hydrogen-bond acceptors (Lipinski definition) is 9. The van der Waals surface area contributed by atoms with Gasteiger partial charge in [0, 0.05) is 47.7 Å². The van der Waals surface area contributed by atoms with E-state index in [0.717, 1.165) is 63.4 Å². The molecule has 9 nitrogen and oxygen atoms in total. The maximum atomic E-state index is 11.6. The minimum Gasteiger partial charge on any atom is -0.463 e. The standard InChI is InChI=1S/C30H30N6O3S/c1-3-39-27(37)12-9-20-7-10-21(11-8-20)35(2)19-22-17-26-28(40-22)30(36-13-15-38-16-14-36)33-29(32-26)23-5-4-6-25-24(23)18-31-34-25/h4-12,17-18H,3,13-16,19H2,1-2H3,(H,31,34). The number of ether oxygens (including phenoxy) is 2. The highest BCUT2D eigenvalue weighted by Gasteiger charge is 2.21. The van der Waals surface area contributed by atoms with E-state index in [2.05, 4.69) is 51.3 Å². The Bertz CT molecular complexity index is 1670. The molecule has 0 spiro atoms. The molecule has 5 aromatic rings. The topological polar surface area (TPSA) is 96.5 Å². The highest BCUT2D eigenvalue weighted by Crippen LogP contribution is 2.36. The fraction of sp³-hybridized carbons (Fsp3) is 0.267. The van der Waals surface area contributed by atoms with Crippen LogP contribution in [-0.2, 0) is 20.8 Å². The van der Waals surface area contributed by atoms with E-state index in [0.29, 0.717) is 25.6 Å². The summed E-state index contributed by atoms with van der Waals surface area (Å²) in [7, 11) is 2.08. The van der Waals surface area contributed by atoms with Crippen molar-refractivity contribution >= 4 is 56.0 Å². The number of nitrogens with zero attached hydrogens (tertiary/aromatic N) is 5. The molecule has 1 aliphatic rings. The molecule has 0 radical (unpaired) electrons. The Hall–Kier alpha value is -4.28. The van der Waals surface area contributed by atoms with E-state index in [-0.39, 0.29) is 5.97 Å². The van der Waals surface area contributed by atoms with Gasteiger partial charge in [0.15, 0.2) is 11.6 Å². The second-order valence-corrected chi connectivity index (χ2v) is 10.7. The van der Waals surface area contributed by atoms with Crippen LogP contribution in [0, 0.1) is 0 Å². The average Bonchev–Trinajstić information content (AvgIpc) is 3.63. The monoisotopic (exact) mass is 554 g/mol. The lowest BCUT2D eigenvalue weighted by molar-refractivity contribution is -0.137. The van der Waals surface area contributed by atoms with Crippen LogP contribution >= 0.6 is 11.3 Å². The number of thiophene rings is 1. The minimum absolute atomic E-state index is 0.336. The molecule has 1 saturated heterocycles. The van der Waals surface area contributed by atoms with E-state index < -0.39 is 0 Å². The highest BCUT2D eigenvalue weighted by molar-refractivity contribution is 7.19. The largest absolute Gasteiger partial charge is 0.463 e. The number of esters is 1. The van der Waals surface area contributed by atoms with Gasteiger partial charge in [0.1, 0.15) is 0 Å². The summed E-state index contributed by atoms with van der Waals surface area (Å²) >= 11 is 1.74. The number of aromatic amines is 1. The summed E-state index contributed by atoms with van der Waals surface area (Å²) in [5.41, 5.74) is 4.89. The number of benzene rings is 2. The number of fused-ring (bicyclic) bond motifs is 2. The van der Waals surface area contributed by atoms with Crippen molar-refractivity contribution in [2.24, 2.45) is 0 Å². The summed E-state index contributed by atoms with van der Waals surface area (Å²) in [4.78, 5) is 27.4. The molecule has 1 N–H and O–H groups in total. The van der Waals surface area contributed by atoms with E-state index in [1.165, 1.54) is 11.0 Å². The number of anilines is 2. The molecule has 0 unspecified atom stereocenters. The van der Waals surface area contributed by atoms with Gasteiger partial charge in [0.05, 0.1) is 48.3 Å². The Labute approximate surface area is 236 Å². The number of carbonyl (C=O) groups is 1. The Morgan fingerprint density at radius 2 is 2.00 bits per heavy atom. The fourth-order valence-electron chi connectivity index (χ4n) is 4.83. The van der Waals surface area contributed by atoms with Gasteiger partial charge >= 0.3 is 5.97 Å². The van der Waals surface area contributed by atoms with Crippen molar-refractivity contribution in [1.29, 1.82) is 0 Å². The molecule has 6 rings (SSSR count). The lowest BCUT2D eigenvalue weighted by atomic mass is 10.1. The second-order valence-electron chi connectivity index (χ2n) is 9.57. The SMILES string of the molecule is CCOC(=O)C=Cc1ccc(N(C)Cc2cc3nc(-c4cccc5[nH]ncc45)nc(N4CCOCC4)c3s2)cc1. The maximum Gasteiger partial charge on any atom is 0.330 e. The van der Waals surface area contributed by atoms with Crippen molar-refractivity contribution in [2.45, 2.75) is 13.5 Å². The van der Waals surface area contributed by atoms with Crippen LogP contribution in [0.4, 0.5) is 11.5 Å². The van der Waals surface area contributed by atoms with Crippen LogP contribution in [0.1, 0.15) is 17.4 Å². The molecule has 0 saturated carbocycles. The molecule has 0 aliphatic carbocycles. The van der Waals surface area contributed by atoms with Crippen molar-refractivity contribution in [3.63, 3.8) is 0 Å². The zero-order valence-electron chi connectivity index (χ0n) is 22.5.